The normalized spacial score (nSPS) is 22.9. The summed E-state index contributed by atoms with van der Waals surface area (Å²) in [7, 11) is 0. The predicted octanol–water partition coefficient (Wildman–Crippen LogP) is 0.839. The van der Waals surface area contributed by atoms with Crippen molar-refractivity contribution in [1.82, 2.24) is 0 Å². The van der Waals surface area contributed by atoms with Crippen LogP contribution in [0.15, 0.2) is 12.2 Å². The molecule has 0 aromatic heterocycles. The molecule has 0 bridgehead atoms. The maximum absolute atomic E-state index is 10.8. The van der Waals surface area contributed by atoms with Gasteiger partial charge in [-0.2, -0.15) is 0 Å². The van der Waals surface area contributed by atoms with E-state index in [2.05, 4.69) is 0 Å². The van der Waals surface area contributed by atoms with Crippen molar-refractivity contribution in [3.63, 3.8) is 0 Å². The monoisotopic (exact) mass is 154 g/mol. The molecule has 3 nitrogen and oxygen atoms in total. The van der Waals surface area contributed by atoms with Gasteiger partial charge in [-0.05, 0) is 18.9 Å². The molecule has 0 aromatic carbocycles. The van der Waals surface area contributed by atoms with E-state index in [-0.39, 0.29) is 5.78 Å². The molecule has 60 valence electrons. The van der Waals surface area contributed by atoms with Crippen LogP contribution in [0.1, 0.15) is 19.3 Å². The second kappa shape index (κ2) is 3.91. The van der Waals surface area contributed by atoms with Crippen LogP contribution < -0.4 is 0 Å². The number of carbonyl (C=O) groups is 2. The SMILES string of the molecule is O=C1/C=C/C(=O)OCCCC1. The Morgan fingerprint density at radius 1 is 1.18 bits per heavy atom. The lowest BCUT2D eigenvalue weighted by atomic mass is 10.2. The van der Waals surface area contributed by atoms with Gasteiger partial charge in [-0.25, -0.2) is 4.79 Å². The number of ether oxygens (including phenoxy) is 1. The van der Waals surface area contributed by atoms with E-state index in [1.165, 1.54) is 12.2 Å². The summed E-state index contributed by atoms with van der Waals surface area (Å²) in [5, 5.41) is 0. The number of cyclic esters (lactones) is 1. The van der Waals surface area contributed by atoms with Gasteiger partial charge in [-0.15, -0.1) is 0 Å². The van der Waals surface area contributed by atoms with Gasteiger partial charge < -0.3 is 4.74 Å². The lowest BCUT2D eigenvalue weighted by Gasteiger charge is -1.97. The van der Waals surface area contributed by atoms with Crippen molar-refractivity contribution in [1.29, 1.82) is 0 Å². The maximum Gasteiger partial charge on any atom is 0.330 e. The second-order valence-electron chi connectivity index (χ2n) is 2.42. The van der Waals surface area contributed by atoms with Crippen LogP contribution in [0, 0.1) is 0 Å². The van der Waals surface area contributed by atoms with Gasteiger partial charge in [0.2, 0.25) is 0 Å². The molecule has 0 aliphatic carbocycles. The standard InChI is InChI=1S/C8H10O3/c9-7-3-1-2-6-11-8(10)5-4-7/h4-5H,1-3,6H2/b5-4+. The Balaban J connectivity index is 2.53. The van der Waals surface area contributed by atoms with Crippen molar-refractivity contribution in [2.24, 2.45) is 0 Å². The molecule has 0 N–H and O–H groups in total. The van der Waals surface area contributed by atoms with Gasteiger partial charge in [0.15, 0.2) is 5.78 Å². The van der Waals surface area contributed by atoms with Gasteiger partial charge in [0.05, 0.1) is 6.61 Å². The Bertz CT molecular complexity index is 174. The average molecular weight is 154 g/mol. The number of ketones is 1. The molecule has 1 rings (SSSR count). The van der Waals surface area contributed by atoms with E-state index in [4.69, 9.17) is 4.74 Å². The van der Waals surface area contributed by atoms with Crippen LogP contribution in [0.3, 0.4) is 0 Å². The highest BCUT2D eigenvalue weighted by Gasteiger charge is 2.03. The number of hydrogen-bond acceptors (Lipinski definition) is 3. The molecule has 1 aliphatic heterocycles. The van der Waals surface area contributed by atoms with Crippen molar-refractivity contribution in [2.75, 3.05) is 6.61 Å². The second-order valence-corrected chi connectivity index (χ2v) is 2.42. The zero-order valence-corrected chi connectivity index (χ0v) is 6.21. The van der Waals surface area contributed by atoms with Crippen LogP contribution >= 0.6 is 0 Å². The van der Waals surface area contributed by atoms with Crippen molar-refractivity contribution < 1.29 is 14.3 Å². The Labute approximate surface area is 65.0 Å². The highest BCUT2D eigenvalue weighted by atomic mass is 16.5. The Morgan fingerprint density at radius 3 is 2.82 bits per heavy atom. The zero-order chi connectivity index (χ0) is 8.10. The summed E-state index contributed by atoms with van der Waals surface area (Å²) in [5.74, 6) is -0.413. The van der Waals surface area contributed by atoms with Crippen molar-refractivity contribution >= 4 is 11.8 Å². The van der Waals surface area contributed by atoms with Gasteiger partial charge in [-0.3, -0.25) is 4.79 Å². The van der Waals surface area contributed by atoms with E-state index >= 15 is 0 Å². The largest absolute Gasteiger partial charge is 0.463 e. The van der Waals surface area contributed by atoms with Crippen LogP contribution in [-0.4, -0.2) is 18.4 Å². The molecule has 0 saturated heterocycles. The Hall–Kier alpha value is -1.12. The molecule has 0 radical (unpaired) electrons. The highest BCUT2D eigenvalue weighted by molar-refractivity contribution is 5.95. The third-order valence-corrected chi connectivity index (χ3v) is 1.47. The molecule has 11 heavy (non-hydrogen) atoms. The van der Waals surface area contributed by atoms with Crippen molar-refractivity contribution in [3.8, 4) is 0 Å². The zero-order valence-electron chi connectivity index (χ0n) is 6.21. The van der Waals surface area contributed by atoms with E-state index < -0.39 is 5.97 Å². The number of allylic oxidation sites excluding steroid dienone is 1. The van der Waals surface area contributed by atoms with Crippen LogP contribution in [0.4, 0.5) is 0 Å². The minimum Gasteiger partial charge on any atom is -0.463 e. The van der Waals surface area contributed by atoms with E-state index in [9.17, 15) is 9.59 Å². The molecule has 0 fully saturated rings. The minimum absolute atomic E-state index is 0.00356. The predicted molar refractivity (Wildman–Crippen MR) is 39.0 cm³/mol. The number of rotatable bonds is 0. The fourth-order valence-corrected chi connectivity index (χ4v) is 0.866. The summed E-state index contributed by atoms with van der Waals surface area (Å²) in [6, 6.07) is 0. The molecular formula is C8H10O3. The highest BCUT2D eigenvalue weighted by Crippen LogP contribution is 2.01. The first-order valence-electron chi connectivity index (χ1n) is 3.67. The third kappa shape index (κ3) is 2.98. The summed E-state index contributed by atoms with van der Waals surface area (Å²) in [5.41, 5.74) is 0. The molecule has 1 heterocycles. The first-order chi connectivity index (χ1) is 5.29. The van der Waals surface area contributed by atoms with E-state index in [1.54, 1.807) is 0 Å². The quantitative estimate of drug-likeness (QED) is 0.485. The molecule has 0 unspecified atom stereocenters. The van der Waals surface area contributed by atoms with Gasteiger partial charge >= 0.3 is 5.97 Å². The fourth-order valence-electron chi connectivity index (χ4n) is 0.866. The van der Waals surface area contributed by atoms with Crippen molar-refractivity contribution in [3.05, 3.63) is 12.2 Å². The smallest absolute Gasteiger partial charge is 0.330 e. The lowest BCUT2D eigenvalue weighted by Crippen LogP contribution is -2.00. The Kier molecular flexibility index (Phi) is 2.83. The molecule has 0 amide bonds. The molecule has 0 spiro atoms. The van der Waals surface area contributed by atoms with Crippen LogP contribution in [0.5, 0.6) is 0 Å². The van der Waals surface area contributed by atoms with Crippen LogP contribution in [0.25, 0.3) is 0 Å². The van der Waals surface area contributed by atoms with Gasteiger partial charge in [0.25, 0.3) is 0 Å². The third-order valence-electron chi connectivity index (χ3n) is 1.47. The summed E-state index contributed by atoms with van der Waals surface area (Å²) < 4.78 is 4.73. The lowest BCUT2D eigenvalue weighted by molar-refractivity contribution is -0.137. The first-order valence-corrected chi connectivity index (χ1v) is 3.67. The first kappa shape index (κ1) is 7.98. The van der Waals surface area contributed by atoms with E-state index in [0.717, 1.165) is 12.8 Å². The fraction of sp³-hybridized carbons (Fsp3) is 0.500. The summed E-state index contributed by atoms with van der Waals surface area (Å²) in [4.78, 5) is 21.5. The number of hydrogen-bond donors (Lipinski definition) is 0. The number of esters is 1. The van der Waals surface area contributed by atoms with Crippen molar-refractivity contribution in [2.45, 2.75) is 19.3 Å². The van der Waals surface area contributed by atoms with Gasteiger partial charge in [-0.1, -0.05) is 0 Å². The Morgan fingerprint density at radius 2 is 2.00 bits per heavy atom. The minimum atomic E-state index is -0.416. The summed E-state index contributed by atoms with van der Waals surface area (Å²) >= 11 is 0. The molecule has 0 saturated carbocycles. The maximum atomic E-state index is 10.8. The number of carbonyl (C=O) groups excluding carboxylic acids is 2. The molecule has 0 atom stereocenters. The van der Waals surface area contributed by atoms with E-state index in [1.807, 2.05) is 0 Å². The van der Waals surface area contributed by atoms with E-state index in [0.29, 0.717) is 13.0 Å². The molecule has 0 aromatic rings. The van der Waals surface area contributed by atoms with Gasteiger partial charge in [0, 0.05) is 12.5 Å². The summed E-state index contributed by atoms with van der Waals surface area (Å²) in [6.45, 7) is 0.427. The van der Waals surface area contributed by atoms with Crippen LogP contribution in [-0.2, 0) is 14.3 Å². The topological polar surface area (TPSA) is 43.4 Å². The molecule has 3 heteroatoms. The summed E-state index contributed by atoms with van der Waals surface area (Å²) in [6.07, 6.45) is 4.57. The van der Waals surface area contributed by atoms with Crippen LogP contribution in [0.2, 0.25) is 0 Å². The molecular weight excluding hydrogens is 144 g/mol. The average Bonchev–Trinajstić information content (AvgIpc) is 2.06. The molecule has 1 aliphatic rings. The van der Waals surface area contributed by atoms with Gasteiger partial charge in [0.1, 0.15) is 0 Å².